The average molecular weight is 276 g/mol. The maximum absolute atomic E-state index is 12.7. The Morgan fingerprint density at radius 1 is 1.20 bits per heavy atom. The van der Waals surface area contributed by atoms with Crippen LogP contribution in [0.25, 0.3) is 6.08 Å². The number of hydrogen-bond acceptors (Lipinski definition) is 2. The molecule has 1 saturated heterocycles. The Bertz CT molecular complexity index is 450. The van der Waals surface area contributed by atoms with Gasteiger partial charge in [-0.25, -0.2) is 4.39 Å². The number of hydrogen-bond donors (Lipinski definition) is 1. The zero-order valence-corrected chi connectivity index (χ0v) is 11.6. The monoisotopic (exact) mass is 276 g/mol. The van der Waals surface area contributed by atoms with Crippen LogP contribution < -0.4 is 5.32 Å². The topological polar surface area (TPSA) is 32.3 Å². The number of rotatable bonds is 5. The summed E-state index contributed by atoms with van der Waals surface area (Å²) in [6.07, 6.45) is 7.03. The van der Waals surface area contributed by atoms with Crippen molar-refractivity contribution in [1.29, 1.82) is 0 Å². The first kappa shape index (κ1) is 14.7. The minimum atomic E-state index is -0.270. The number of nitrogens with one attached hydrogen (secondary N) is 1. The number of nitrogens with zero attached hydrogens (tertiary/aromatic N) is 1. The highest BCUT2D eigenvalue weighted by Gasteiger charge is 2.09. The van der Waals surface area contributed by atoms with Crippen molar-refractivity contribution in [2.45, 2.75) is 19.3 Å². The van der Waals surface area contributed by atoms with E-state index in [0.29, 0.717) is 6.54 Å². The van der Waals surface area contributed by atoms with Crippen LogP contribution in [0.4, 0.5) is 4.39 Å². The molecule has 0 aliphatic carbocycles. The van der Waals surface area contributed by atoms with Gasteiger partial charge in [-0.15, -0.1) is 0 Å². The fourth-order valence-corrected chi connectivity index (χ4v) is 2.32. The summed E-state index contributed by atoms with van der Waals surface area (Å²) in [7, 11) is 0. The average Bonchev–Trinajstić information content (AvgIpc) is 2.48. The van der Waals surface area contributed by atoms with E-state index in [1.807, 2.05) is 0 Å². The van der Waals surface area contributed by atoms with Crippen LogP contribution in [-0.4, -0.2) is 37.0 Å². The van der Waals surface area contributed by atoms with Gasteiger partial charge in [-0.3, -0.25) is 4.79 Å². The van der Waals surface area contributed by atoms with Gasteiger partial charge in [0.1, 0.15) is 5.82 Å². The zero-order valence-electron chi connectivity index (χ0n) is 11.6. The summed E-state index contributed by atoms with van der Waals surface area (Å²) < 4.78 is 12.7. The van der Waals surface area contributed by atoms with Crippen molar-refractivity contribution < 1.29 is 9.18 Å². The molecule has 0 spiro atoms. The van der Waals surface area contributed by atoms with E-state index < -0.39 is 0 Å². The Morgan fingerprint density at radius 3 is 2.60 bits per heavy atom. The molecular formula is C16H21FN2O. The molecule has 0 saturated carbocycles. The molecule has 3 nitrogen and oxygen atoms in total. The van der Waals surface area contributed by atoms with Crippen molar-refractivity contribution in [2.75, 3.05) is 26.2 Å². The first-order chi connectivity index (χ1) is 9.74. The lowest BCUT2D eigenvalue weighted by atomic mass is 10.1. The molecule has 0 bridgehead atoms. The molecule has 1 fully saturated rings. The Balaban J connectivity index is 1.68. The van der Waals surface area contributed by atoms with Crippen LogP contribution in [0.5, 0.6) is 0 Å². The van der Waals surface area contributed by atoms with E-state index in [4.69, 9.17) is 0 Å². The molecule has 1 N–H and O–H groups in total. The molecule has 2 rings (SSSR count). The van der Waals surface area contributed by atoms with E-state index in [0.717, 1.165) is 25.2 Å². The molecule has 0 atom stereocenters. The van der Waals surface area contributed by atoms with Crippen LogP contribution in [0, 0.1) is 5.82 Å². The molecular weight excluding hydrogens is 255 g/mol. The number of halogens is 1. The number of benzene rings is 1. The van der Waals surface area contributed by atoms with Gasteiger partial charge in [0.05, 0.1) is 0 Å². The van der Waals surface area contributed by atoms with Crippen LogP contribution in [0.3, 0.4) is 0 Å². The van der Waals surface area contributed by atoms with Gasteiger partial charge in [-0.05, 0) is 49.7 Å². The summed E-state index contributed by atoms with van der Waals surface area (Å²) in [6, 6.07) is 6.06. The van der Waals surface area contributed by atoms with Gasteiger partial charge in [0.15, 0.2) is 0 Å². The second-order valence-corrected chi connectivity index (χ2v) is 5.08. The van der Waals surface area contributed by atoms with E-state index in [9.17, 15) is 9.18 Å². The quantitative estimate of drug-likeness (QED) is 0.838. The second-order valence-electron chi connectivity index (χ2n) is 5.08. The highest BCUT2D eigenvalue weighted by Crippen LogP contribution is 2.07. The minimum absolute atomic E-state index is 0.105. The lowest BCUT2D eigenvalue weighted by molar-refractivity contribution is -0.116. The third kappa shape index (κ3) is 5.13. The molecule has 1 aliphatic rings. The minimum Gasteiger partial charge on any atom is -0.351 e. The number of piperidine rings is 1. The van der Waals surface area contributed by atoms with Gasteiger partial charge in [0.2, 0.25) is 5.91 Å². The van der Waals surface area contributed by atoms with Crippen molar-refractivity contribution in [1.82, 2.24) is 10.2 Å². The van der Waals surface area contributed by atoms with Crippen LogP contribution in [0.1, 0.15) is 24.8 Å². The van der Waals surface area contributed by atoms with Crippen molar-refractivity contribution in [3.05, 3.63) is 41.7 Å². The van der Waals surface area contributed by atoms with Gasteiger partial charge < -0.3 is 10.2 Å². The van der Waals surface area contributed by atoms with Crippen LogP contribution >= 0.6 is 0 Å². The van der Waals surface area contributed by atoms with Gasteiger partial charge in [0, 0.05) is 19.2 Å². The van der Waals surface area contributed by atoms with Crippen molar-refractivity contribution >= 4 is 12.0 Å². The maximum Gasteiger partial charge on any atom is 0.244 e. The molecule has 1 amide bonds. The van der Waals surface area contributed by atoms with Crippen molar-refractivity contribution in [2.24, 2.45) is 0 Å². The Morgan fingerprint density at radius 2 is 1.90 bits per heavy atom. The number of carbonyl (C=O) groups excluding carboxylic acids is 1. The molecule has 4 heteroatoms. The number of carbonyl (C=O) groups is 1. The van der Waals surface area contributed by atoms with Gasteiger partial charge in [-0.2, -0.15) is 0 Å². The Hall–Kier alpha value is -1.68. The van der Waals surface area contributed by atoms with E-state index in [2.05, 4.69) is 10.2 Å². The predicted octanol–water partition coefficient (Wildman–Crippen LogP) is 2.44. The zero-order chi connectivity index (χ0) is 14.2. The molecule has 0 radical (unpaired) electrons. The summed E-state index contributed by atoms with van der Waals surface area (Å²) in [5, 5.41) is 2.87. The van der Waals surface area contributed by atoms with Crippen molar-refractivity contribution in [3.63, 3.8) is 0 Å². The highest BCUT2D eigenvalue weighted by atomic mass is 19.1. The Labute approximate surface area is 119 Å². The summed E-state index contributed by atoms with van der Waals surface area (Å²) in [5.41, 5.74) is 0.817. The van der Waals surface area contributed by atoms with Gasteiger partial charge in [-0.1, -0.05) is 18.6 Å². The summed E-state index contributed by atoms with van der Waals surface area (Å²) in [5.74, 6) is -0.375. The first-order valence-corrected chi connectivity index (χ1v) is 7.18. The third-order valence-electron chi connectivity index (χ3n) is 3.47. The second kappa shape index (κ2) is 7.80. The maximum atomic E-state index is 12.7. The van der Waals surface area contributed by atoms with Crippen LogP contribution in [0.2, 0.25) is 0 Å². The lowest BCUT2D eigenvalue weighted by Gasteiger charge is -2.26. The number of likely N-dealkylation sites (tertiary alicyclic amines) is 1. The van der Waals surface area contributed by atoms with Crippen LogP contribution in [-0.2, 0) is 4.79 Å². The van der Waals surface area contributed by atoms with Gasteiger partial charge >= 0.3 is 0 Å². The van der Waals surface area contributed by atoms with Crippen molar-refractivity contribution in [3.8, 4) is 0 Å². The standard InChI is InChI=1S/C16H21FN2O/c17-15-7-4-14(5-8-15)6-9-16(20)18-10-13-19-11-2-1-3-12-19/h4-9H,1-3,10-13H2,(H,18,20)/b9-6+. The fraction of sp³-hybridized carbons (Fsp3) is 0.438. The molecule has 1 heterocycles. The molecule has 1 aromatic rings. The van der Waals surface area contributed by atoms with E-state index in [1.165, 1.54) is 37.5 Å². The van der Waals surface area contributed by atoms with E-state index in [-0.39, 0.29) is 11.7 Å². The molecule has 20 heavy (non-hydrogen) atoms. The largest absolute Gasteiger partial charge is 0.351 e. The molecule has 108 valence electrons. The molecule has 0 unspecified atom stereocenters. The number of amides is 1. The fourth-order valence-electron chi connectivity index (χ4n) is 2.32. The predicted molar refractivity (Wildman–Crippen MR) is 78.7 cm³/mol. The third-order valence-corrected chi connectivity index (χ3v) is 3.47. The summed E-state index contributed by atoms with van der Waals surface area (Å²) in [6.45, 7) is 3.87. The van der Waals surface area contributed by atoms with Crippen LogP contribution in [0.15, 0.2) is 30.3 Å². The van der Waals surface area contributed by atoms with Gasteiger partial charge in [0.25, 0.3) is 0 Å². The van der Waals surface area contributed by atoms with E-state index in [1.54, 1.807) is 18.2 Å². The lowest BCUT2D eigenvalue weighted by Crippen LogP contribution is -2.37. The van der Waals surface area contributed by atoms with E-state index >= 15 is 0 Å². The summed E-state index contributed by atoms with van der Waals surface area (Å²) >= 11 is 0. The SMILES string of the molecule is O=C(/C=C/c1ccc(F)cc1)NCCN1CCCCC1. The summed E-state index contributed by atoms with van der Waals surface area (Å²) in [4.78, 5) is 14.0. The normalized spacial score (nSPS) is 16.4. The molecule has 1 aliphatic heterocycles. The smallest absolute Gasteiger partial charge is 0.244 e. The molecule has 0 aromatic heterocycles. The highest BCUT2D eigenvalue weighted by molar-refractivity contribution is 5.91. The Kier molecular flexibility index (Phi) is 5.74. The first-order valence-electron chi connectivity index (χ1n) is 7.18. The molecule has 1 aromatic carbocycles.